The lowest BCUT2D eigenvalue weighted by atomic mass is 10.2. The minimum absolute atomic E-state index is 0.259. The number of benzene rings is 1. The molecule has 0 aliphatic heterocycles. The van der Waals surface area contributed by atoms with Crippen molar-refractivity contribution in [1.82, 2.24) is 5.32 Å². The van der Waals surface area contributed by atoms with Crippen LogP contribution >= 0.6 is 0 Å². The van der Waals surface area contributed by atoms with Gasteiger partial charge in [0.2, 0.25) is 0 Å². The number of alkyl carbamates (subject to hydrolysis) is 1. The minimum Gasteiger partial charge on any atom is -0.444 e. The van der Waals surface area contributed by atoms with Crippen LogP contribution in [0.15, 0.2) is 18.2 Å². The van der Waals surface area contributed by atoms with Crippen molar-refractivity contribution in [2.75, 3.05) is 18.4 Å². The Hall–Kier alpha value is -1.78. The van der Waals surface area contributed by atoms with Crippen LogP contribution in [0.25, 0.3) is 0 Å². The summed E-state index contributed by atoms with van der Waals surface area (Å²) in [6.07, 6.45) is 0.256. The van der Waals surface area contributed by atoms with Crippen molar-refractivity contribution in [3.63, 3.8) is 0 Å². The third kappa shape index (κ3) is 6.41. The van der Waals surface area contributed by atoms with Gasteiger partial charge < -0.3 is 15.4 Å². The van der Waals surface area contributed by atoms with Gasteiger partial charge in [-0.2, -0.15) is 0 Å². The molecule has 0 aliphatic carbocycles. The summed E-state index contributed by atoms with van der Waals surface area (Å²) >= 11 is 0. The number of nitrogens with one attached hydrogen (secondary N) is 2. The number of hydrogen-bond donors (Lipinski definition) is 2. The molecule has 0 unspecified atom stereocenters. The van der Waals surface area contributed by atoms with Crippen LogP contribution in [0.2, 0.25) is 0 Å². The predicted octanol–water partition coefficient (Wildman–Crippen LogP) is 3.46. The summed E-state index contributed by atoms with van der Waals surface area (Å²) in [5, 5.41) is 5.65. The van der Waals surface area contributed by atoms with Crippen molar-refractivity contribution in [3.05, 3.63) is 29.6 Å². The van der Waals surface area contributed by atoms with Crippen LogP contribution in [-0.2, 0) is 4.74 Å². The van der Waals surface area contributed by atoms with Crippen molar-refractivity contribution < 1.29 is 13.9 Å². The molecule has 4 nitrogen and oxygen atoms in total. The van der Waals surface area contributed by atoms with Crippen molar-refractivity contribution in [2.24, 2.45) is 0 Å². The summed E-state index contributed by atoms with van der Waals surface area (Å²) < 4.78 is 18.6. The van der Waals surface area contributed by atoms with Gasteiger partial charge >= 0.3 is 6.09 Å². The molecule has 0 spiro atoms. The van der Waals surface area contributed by atoms with Crippen LogP contribution in [0.1, 0.15) is 32.8 Å². The lowest BCUT2D eigenvalue weighted by Crippen LogP contribution is -2.33. The Kier molecular flexibility index (Phi) is 5.80. The summed E-state index contributed by atoms with van der Waals surface area (Å²) in [5.41, 5.74) is 0.875. The molecule has 1 aromatic carbocycles. The maximum Gasteiger partial charge on any atom is 0.407 e. The molecule has 0 radical (unpaired) electrons. The van der Waals surface area contributed by atoms with Crippen LogP contribution in [-0.4, -0.2) is 24.8 Å². The molecule has 0 aliphatic rings. The van der Waals surface area contributed by atoms with E-state index in [1.165, 1.54) is 6.07 Å². The van der Waals surface area contributed by atoms with Crippen LogP contribution in [0, 0.1) is 12.7 Å². The normalized spacial score (nSPS) is 11.1. The lowest BCUT2D eigenvalue weighted by Gasteiger charge is -2.19. The highest BCUT2D eigenvalue weighted by Gasteiger charge is 2.15. The van der Waals surface area contributed by atoms with Crippen molar-refractivity contribution in [2.45, 2.75) is 39.7 Å². The summed E-state index contributed by atoms with van der Waals surface area (Å²) in [7, 11) is 0. The quantitative estimate of drug-likeness (QED) is 0.813. The summed E-state index contributed by atoms with van der Waals surface area (Å²) in [4.78, 5) is 11.4. The zero-order valence-electron chi connectivity index (χ0n) is 12.5. The monoisotopic (exact) mass is 282 g/mol. The van der Waals surface area contributed by atoms with Gasteiger partial charge in [-0.15, -0.1) is 0 Å². The van der Waals surface area contributed by atoms with Gasteiger partial charge in [0, 0.05) is 13.1 Å². The number of carbonyl (C=O) groups excluding carboxylic acids is 1. The van der Waals surface area contributed by atoms with Crippen molar-refractivity contribution in [1.29, 1.82) is 0 Å². The van der Waals surface area contributed by atoms with Gasteiger partial charge in [-0.05, 0) is 51.8 Å². The average molecular weight is 282 g/mol. The van der Waals surface area contributed by atoms with Gasteiger partial charge in [-0.1, -0.05) is 6.07 Å². The molecule has 0 aromatic heterocycles. The summed E-state index contributed by atoms with van der Waals surface area (Å²) in [5.74, 6) is -0.259. The maximum atomic E-state index is 13.5. The molecule has 2 N–H and O–H groups in total. The largest absolute Gasteiger partial charge is 0.444 e. The minimum atomic E-state index is -0.493. The van der Waals surface area contributed by atoms with E-state index in [1.54, 1.807) is 6.07 Å². The highest BCUT2D eigenvalue weighted by atomic mass is 19.1. The topological polar surface area (TPSA) is 50.4 Å². The maximum absolute atomic E-state index is 13.5. The van der Waals surface area contributed by atoms with Crippen LogP contribution in [0.5, 0.6) is 0 Å². The first-order valence-corrected chi connectivity index (χ1v) is 6.75. The molecule has 0 bridgehead atoms. The van der Waals surface area contributed by atoms with Gasteiger partial charge in [-0.25, -0.2) is 9.18 Å². The fourth-order valence-corrected chi connectivity index (χ4v) is 1.58. The number of amides is 1. The fraction of sp³-hybridized carbons (Fsp3) is 0.533. The summed E-state index contributed by atoms with van der Waals surface area (Å²) in [6.45, 7) is 8.35. The molecule has 20 heavy (non-hydrogen) atoms. The third-order valence-corrected chi connectivity index (χ3v) is 2.46. The second-order valence-electron chi connectivity index (χ2n) is 5.69. The van der Waals surface area contributed by atoms with E-state index in [1.807, 2.05) is 33.8 Å². The Morgan fingerprint density at radius 3 is 2.60 bits per heavy atom. The number of rotatable bonds is 5. The van der Waals surface area contributed by atoms with E-state index in [4.69, 9.17) is 4.74 Å². The fourth-order valence-electron chi connectivity index (χ4n) is 1.58. The van der Waals surface area contributed by atoms with E-state index >= 15 is 0 Å². The van der Waals surface area contributed by atoms with E-state index in [-0.39, 0.29) is 5.82 Å². The highest BCUT2D eigenvalue weighted by molar-refractivity contribution is 5.67. The number of aryl methyl sites for hydroxylation is 1. The first kappa shape index (κ1) is 16.3. The molecule has 1 amide bonds. The Labute approximate surface area is 119 Å². The number of anilines is 1. The van der Waals surface area contributed by atoms with E-state index in [9.17, 15) is 9.18 Å². The van der Waals surface area contributed by atoms with Gasteiger partial charge in [0.1, 0.15) is 11.4 Å². The van der Waals surface area contributed by atoms with Gasteiger partial charge in [0.15, 0.2) is 0 Å². The Bertz CT molecular complexity index is 456. The standard InChI is InChI=1S/C15H23FN2O2/c1-11-6-7-13(12(16)10-11)17-8-5-9-18-14(19)20-15(2,3)4/h6-7,10,17H,5,8-9H2,1-4H3,(H,18,19). The second kappa shape index (κ2) is 7.12. The van der Waals surface area contributed by atoms with Crippen LogP contribution in [0.3, 0.4) is 0 Å². The van der Waals surface area contributed by atoms with Gasteiger partial charge in [0.25, 0.3) is 0 Å². The number of hydrogen-bond acceptors (Lipinski definition) is 3. The highest BCUT2D eigenvalue weighted by Crippen LogP contribution is 2.14. The number of ether oxygens (including phenoxy) is 1. The van der Waals surface area contributed by atoms with E-state index < -0.39 is 11.7 Å². The number of halogens is 1. The van der Waals surface area contributed by atoms with E-state index in [0.29, 0.717) is 25.2 Å². The van der Waals surface area contributed by atoms with Gasteiger partial charge in [0.05, 0.1) is 5.69 Å². The van der Waals surface area contributed by atoms with Crippen LogP contribution in [0.4, 0.5) is 14.9 Å². The molecule has 112 valence electrons. The average Bonchev–Trinajstić information content (AvgIpc) is 2.28. The molecule has 5 heteroatoms. The summed E-state index contributed by atoms with van der Waals surface area (Å²) in [6, 6.07) is 5.05. The molecule has 1 aromatic rings. The molecule has 0 heterocycles. The Morgan fingerprint density at radius 1 is 1.30 bits per heavy atom. The van der Waals surface area contributed by atoms with E-state index in [0.717, 1.165) is 5.56 Å². The van der Waals surface area contributed by atoms with Crippen LogP contribution < -0.4 is 10.6 Å². The third-order valence-electron chi connectivity index (χ3n) is 2.46. The molecular weight excluding hydrogens is 259 g/mol. The number of carbonyl (C=O) groups is 1. The molecule has 0 saturated carbocycles. The van der Waals surface area contributed by atoms with Crippen molar-refractivity contribution >= 4 is 11.8 Å². The lowest BCUT2D eigenvalue weighted by molar-refractivity contribution is 0.0528. The Morgan fingerprint density at radius 2 is 2.00 bits per heavy atom. The molecule has 0 atom stereocenters. The smallest absolute Gasteiger partial charge is 0.407 e. The molecule has 1 rings (SSSR count). The SMILES string of the molecule is Cc1ccc(NCCCNC(=O)OC(C)(C)C)c(F)c1. The van der Waals surface area contributed by atoms with Crippen molar-refractivity contribution in [3.8, 4) is 0 Å². The zero-order chi connectivity index (χ0) is 15.2. The second-order valence-corrected chi connectivity index (χ2v) is 5.69. The first-order chi connectivity index (χ1) is 9.28. The van der Waals surface area contributed by atoms with Gasteiger partial charge in [-0.3, -0.25) is 0 Å². The molecule has 0 fully saturated rings. The Balaban J connectivity index is 2.21. The van der Waals surface area contributed by atoms with E-state index in [2.05, 4.69) is 10.6 Å². The zero-order valence-corrected chi connectivity index (χ0v) is 12.5. The first-order valence-electron chi connectivity index (χ1n) is 6.75. The molecular formula is C15H23FN2O2. The molecule has 0 saturated heterocycles. The predicted molar refractivity (Wildman–Crippen MR) is 78.5 cm³/mol.